The molecule has 5 nitrogen and oxygen atoms in total. The van der Waals surface area contributed by atoms with Crippen LogP contribution < -0.4 is 9.47 Å². The molecule has 0 aliphatic carbocycles. The van der Waals surface area contributed by atoms with Gasteiger partial charge in [-0.05, 0) is 54.7 Å². The maximum atomic E-state index is 10.7. The van der Waals surface area contributed by atoms with E-state index >= 15 is 0 Å². The molecule has 0 saturated carbocycles. The maximum Gasteiger partial charge on any atom is 0.264 e. The van der Waals surface area contributed by atoms with Crippen molar-refractivity contribution in [2.75, 3.05) is 19.0 Å². The van der Waals surface area contributed by atoms with Gasteiger partial charge in [0, 0.05) is 0 Å². The zero-order valence-electron chi connectivity index (χ0n) is 19.3. The van der Waals surface area contributed by atoms with Gasteiger partial charge in [0.2, 0.25) is 0 Å². The third-order valence-electron chi connectivity index (χ3n) is 5.37. The van der Waals surface area contributed by atoms with E-state index in [-0.39, 0.29) is 5.75 Å². The minimum Gasteiger partial charge on any atom is -0.494 e. The highest BCUT2D eigenvalue weighted by Crippen LogP contribution is 2.25. The fourth-order valence-corrected chi connectivity index (χ4v) is 4.06. The summed E-state index contributed by atoms with van der Waals surface area (Å²) in [5.74, 6) is 1.42. The van der Waals surface area contributed by atoms with Crippen molar-refractivity contribution in [3.63, 3.8) is 0 Å². The zero-order valence-corrected chi connectivity index (χ0v) is 20.1. The van der Waals surface area contributed by atoms with Crippen molar-refractivity contribution < 1.29 is 22.4 Å². The Morgan fingerprint density at radius 1 is 0.625 bits per heavy atom. The van der Waals surface area contributed by atoms with E-state index in [0.717, 1.165) is 35.7 Å². The van der Waals surface area contributed by atoms with Gasteiger partial charge in [0.25, 0.3) is 10.1 Å². The number of ether oxygens (including phenoxy) is 2. The normalized spacial score (nSPS) is 11.4. The van der Waals surface area contributed by atoms with Crippen LogP contribution in [-0.2, 0) is 10.1 Å². The van der Waals surface area contributed by atoms with E-state index in [2.05, 4.69) is 19.1 Å². The van der Waals surface area contributed by atoms with E-state index in [4.69, 9.17) is 14.0 Å². The Morgan fingerprint density at radius 2 is 1.03 bits per heavy atom. The third-order valence-corrected chi connectivity index (χ3v) is 6.18. The lowest BCUT2D eigenvalue weighted by molar-refractivity contribution is 0.304. The molecule has 0 heterocycles. The lowest BCUT2D eigenvalue weighted by atomic mass is 10.1. The van der Waals surface area contributed by atoms with Crippen molar-refractivity contribution in [1.82, 2.24) is 0 Å². The molecular weight excluding hydrogens is 424 g/mol. The van der Waals surface area contributed by atoms with Gasteiger partial charge >= 0.3 is 0 Å². The Bertz CT molecular complexity index is 845. The van der Waals surface area contributed by atoms with E-state index in [1.54, 1.807) is 0 Å². The highest BCUT2D eigenvalue weighted by Gasteiger charge is 2.04. The molecule has 0 aromatic heterocycles. The van der Waals surface area contributed by atoms with Crippen LogP contribution in [0, 0.1) is 0 Å². The minimum absolute atomic E-state index is 0.228. The molecule has 0 radical (unpaired) electrons. The van der Waals surface area contributed by atoms with Crippen LogP contribution in [0.4, 0.5) is 0 Å². The Hall–Kier alpha value is -2.05. The molecule has 178 valence electrons. The molecule has 2 aromatic carbocycles. The lowest BCUT2D eigenvalue weighted by Gasteiger charge is -2.09. The number of unbranched alkanes of at least 4 members (excludes halogenated alkanes) is 8. The van der Waals surface area contributed by atoms with Crippen molar-refractivity contribution >= 4 is 10.1 Å². The molecule has 0 saturated heterocycles. The summed E-state index contributed by atoms with van der Waals surface area (Å²) in [5, 5.41) is 0. The minimum atomic E-state index is -3.89. The van der Waals surface area contributed by atoms with E-state index < -0.39 is 10.1 Å². The largest absolute Gasteiger partial charge is 0.494 e. The molecule has 0 bridgehead atoms. The summed E-state index contributed by atoms with van der Waals surface area (Å²) in [6.45, 7) is 3.43. The van der Waals surface area contributed by atoms with Crippen molar-refractivity contribution in [1.29, 1.82) is 0 Å². The quantitative estimate of drug-likeness (QED) is 0.204. The topological polar surface area (TPSA) is 72.8 Å². The molecule has 32 heavy (non-hydrogen) atoms. The summed E-state index contributed by atoms with van der Waals surface area (Å²) < 4.78 is 41.6. The Balaban J connectivity index is 1.64. The number of hydrogen-bond acceptors (Lipinski definition) is 4. The smallest absolute Gasteiger partial charge is 0.264 e. The van der Waals surface area contributed by atoms with Gasteiger partial charge in [0.05, 0.1) is 19.0 Å². The zero-order chi connectivity index (χ0) is 23.1. The first-order valence-electron chi connectivity index (χ1n) is 11.9. The number of rotatable bonds is 17. The van der Waals surface area contributed by atoms with Crippen LogP contribution >= 0.6 is 0 Å². The molecule has 0 amide bonds. The summed E-state index contributed by atoms with van der Waals surface area (Å²) in [6.07, 6.45) is 11.3. The predicted molar refractivity (Wildman–Crippen MR) is 131 cm³/mol. The Morgan fingerprint density at radius 3 is 1.47 bits per heavy atom. The summed E-state index contributed by atoms with van der Waals surface area (Å²) in [5.41, 5.74) is 2.21. The van der Waals surface area contributed by atoms with Crippen molar-refractivity contribution in [2.45, 2.75) is 71.1 Å². The fourth-order valence-electron chi connectivity index (χ4n) is 3.49. The van der Waals surface area contributed by atoms with Crippen LogP contribution in [0.1, 0.15) is 71.1 Å². The molecule has 0 fully saturated rings. The van der Waals surface area contributed by atoms with E-state index in [9.17, 15) is 8.42 Å². The van der Waals surface area contributed by atoms with Crippen LogP contribution in [-0.4, -0.2) is 31.9 Å². The van der Waals surface area contributed by atoms with Crippen molar-refractivity contribution in [3.05, 3.63) is 48.5 Å². The van der Waals surface area contributed by atoms with Gasteiger partial charge in [-0.3, -0.25) is 4.55 Å². The predicted octanol–water partition coefficient (Wildman–Crippen LogP) is 6.92. The SMILES string of the molecule is CCCCCCCCCCOc1ccc(-c2ccc(OCCCCS(=O)(=O)O)cc2)cc1. The van der Waals surface area contributed by atoms with Crippen LogP contribution in [0.2, 0.25) is 0 Å². The fraction of sp³-hybridized carbons (Fsp3) is 0.538. The molecule has 2 aromatic rings. The maximum absolute atomic E-state index is 10.7. The molecule has 0 aliphatic heterocycles. The van der Waals surface area contributed by atoms with Gasteiger partial charge in [-0.2, -0.15) is 8.42 Å². The van der Waals surface area contributed by atoms with Crippen LogP contribution in [0.5, 0.6) is 11.5 Å². The second-order valence-electron chi connectivity index (χ2n) is 8.21. The first kappa shape index (κ1) is 26.2. The van der Waals surface area contributed by atoms with E-state index in [0.29, 0.717) is 19.4 Å². The molecule has 6 heteroatoms. The van der Waals surface area contributed by atoms with E-state index in [1.807, 2.05) is 36.4 Å². The number of benzene rings is 2. The highest BCUT2D eigenvalue weighted by atomic mass is 32.2. The molecule has 0 aliphatic rings. The van der Waals surface area contributed by atoms with Gasteiger partial charge in [0.15, 0.2) is 0 Å². The summed E-state index contributed by atoms with van der Waals surface area (Å²) >= 11 is 0. The van der Waals surface area contributed by atoms with Gasteiger partial charge in [0.1, 0.15) is 11.5 Å². The second-order valence-corrected chi connectivity index (χ2v) is 9.79. The molecule has 2 rings (SSSR count). The summed E-state index contributed by atoms with van der Waals surface area (Å²) in [4.78, 5) is 0. The van der Waals surface area contributed by atoms with Gasteiger partial charge < -0.3 is 9.47 Å². The Labute approximate surface area is 193 Å². The van der Waals surface area contributed by atoms with Gasteiger partial charge in [-0.25, -0.2) is 0 Å². The Kier molecular flexibility index (Phi) is 12.2. The average molecular weight is 463 g/mol. The van der Waals surface area contributed by atoms with Crippen LogP contribution in [0.3, 0.4) is 0 Å². The molecule has 0 unspecified atom stereocenters. The highest BCUT2D eigenvalue weighted by molar-refractivity contribution is 7.85. The summed E-state index contributed by atoms with van der Waals surface area (Å²) in [7, 11) is -3.89. The molecular formula is C26H38O5S. The molecule has 0 spiro atoms. The van der Waals surface area contributed by atoms with Crippen molar-refractivity contribution in [3.8, 4) is 22.6 Å². The molecule has 1 N–H and O–H groups in total. The van der Waals surface area contributed by atoms with E-state index in [1.165, 1.54) is 44.9 Å². The number of hydrogen-bond donors (Lipinski definition) is 1. The van der Waals surface area contributed by atoms with Gasteiger partial charge in [-0.15, -0.1) is 0 Å². The third kappa shape index (κ3) is 11.5. The van der Waals surface area contributed by atoms with Crippen molar-refractivity contribution in [2.24, 2.45) is 0 Å². The van der Waals surface area contributed by atoms with Crippen LogP contribution in [0.25, 0.3) is 11.1 Å². The first-order chi connectivity index (χ1) is 15.5. The van der Waals surface area contributed by atoms with Crippen LogP contribution in [0.15, 0.2) is 48.5 Å². The standard InChI is InChI=1S/C26H38O5S/c1-2-3-4-5-6-7-8-9-20-30-25-16-12-23(13-17-25)24-14-18-26(19-15-24)31-21-10-11-22-32(27,28)29/h12-19H,2-11,20-22H2,1H3,(H,27,28,29). The van der Waals surface area contributed by atoms with Gasteiger partial charge in [-0.1, -0.05) is 76.1 Å². The molecule has 0 atom stereocenters. The second kappa shape index (κ2) is 14.9. The lowest BCUT2D eigenvalue weighted by Crippen LogP contribution is -2.06. The first-order valence-corrected chi connectivity index (χ1v) is 13.5. The average Bonchev–Trinajstić information content (AvgIpc) is 2.78. The summed E-state index contributed by atoms with van der Waals surface area (Å²) in [6, 6.07) is 16.0. The monoisotopic (exact) mass is 462 g/mol.